The van der Waals surface area contributed by atoms with Gasteiger partial charge in [-0.25, -0.2) is 5.48 Å². The van der Waals surface area contributed by atoms with Crippen molar-refractivity contribution in [1.29, 1.82) is 0 Å². The van der Waals surface area contributed by atoms with Crippen LogP contribution in [-0.4, -0.2) is 99.6 Å². The zero-order chi connectivity index (χ0) is 40.7. The summed E-state index contributed by atoms with van der Waals surface area (Å²) in [4.78, 5) is 32.1. The number of Topliss-reactive ketones (excluding diaryl/α,β-unsaturated/α-hetero) is 1. The molecular weight excluding hydrogens is 706 g/mol. The van der Waals surface area contributed by atoms with Crippen LogP contribution < -0.4 is 5.48 Å². The van der Waals surface area contributed by atoms with Crippen molar-refractivity contribution in [3.8, 4) is 0 Å². The summed E-state index contributed by atoms with van der Waals surface area (Å²) in [5.74, 6) is -4.78. The maximum absolute atomic E-state index is 14.5. The minimum Gasteiger partial charge on any atom is -0.392 e. The predicted molar refractivity (Wildman–Crippen MR) is 206 cm³/mol. The molecule has 5 aliphatic rings. The summed E-state index contributed by atoms with van der Waals surface area (Å²) in [5, 5.41) is 34.3. The molecule has 2 spiro atoms. The molecule has 0 aromatic rings. The van der Waals surface area contributed by atoms with Crippen LogP contribution in [-0.2, 0) is 38.1 Å². The Bertz CT molecular complexity index is 1360. The normalized spacial score (nSPS) is 44.9. The van der Waals surface area contributed by atoms with Crippen LogP contribution in [0.4, 0.5) is 0 Å². The molecule has 4 N–H and O–H groups in total. The standard InChI is InChI=1S/C43H73NO11/c1-12-30(39(48)44-50-11)32-16-15-24(4)37(52-32)28(8)35(46)27(7)36(47)31(13-2)38-25(5)23-26(6)42(53-38)20-17-33(45)43(55-42)22-21-40(10,54-43)34-18-19-41(49,14-3)29(9)51-34/h17,20,24-35,37-38,45-46,49H,12-16,18-19,21-23H2,1-11H3,(H,44,48)/t24-,25-,26+,27-,28-,29-,30+,31-,32+,33+,34+,35+,37+,38-,40-,41+,42-,43-/m0/s1. The van der Waals surface area contributed by atoms with Gasteiger partial charge in [-0.3, -0.25) is 14.4 Å². The lowest BCUT2D eigenvalue weighted by atomic mass is 9.72. The fourth-order valence-electron chi connectivity index (χ4n) is 10.7. The van der Waals surface area contributed by atoms with Crippen molar-refractivity contribution in [2.24, 2.45) is 41.4 Å². The van der Waals surface area contributed by atoms with E-state index >= 15 is 0 Å². The predicted octanol–water partition coefficient (Wildman–Crippen LogP) is 5.78. The fraction of sp³-hybridized carbons (Fsp3) is 0.907. The second kappa shape index (κ2) is 17.4. The van der Waals surface area contributed by atoms with Crippen molar-refractivity contribution < 1.29 is 53.4 Å². The van der Waals surface area contributed by atoms with Gasteiger partial charge in [0.15, 0.2) is 5.79 Å². The Kier molecular flexibility index (Phi) is 14.1. The van der Waals surface area contributed by atoms with Crippen LogP contribution in [0.3, 0.4) is 0 Å². The Morgan fingerprint density at radius 1 is 0.927 bits per heavy atom. The number of carbonyl (C=O) groups is 2. The third-order valence-electron chi connectivity index (χ3n) is 14.7. The van der Waals surface area contributed by atoms with E-state index in [0.717, 1.165) is 19.3 Å². The maximum Gasteiger partial charge on any atom is 0.249 e. The molecular formula is C43H73NO11. The third-order valence-corrected chi connectivity index (χ3v) is 14.7. The quantitative estimate of drug-likeness (QED) is 0.133. The summed E-state index contributed by atoms with van der Waals surface area (Å²) in [5.41, 5.74) is 0.825. The summed E-state index contributed by atoms with van der Waals surface area (Å²) < 4.78 is 33.7. The number of nitrogens with one attached hydrogen (secondary N) is 1. The molecule has 4 saturated heterocycles. The van der Waals surface area contributed by atoms with Gasteiger partial charge >= 0.3 is 0 Å². The van der Waals surface area contributed by atoms with Crippen LogP contribution in [0.2, 0.25) is 0 Å². The van der Waals surface area contributed by atoms with Gasteiger partial charge in [-0.05, 0) is 95.6 Å². The summed E-state index contributed by atoms with van der Waals surface area (Å²) in [6.45, 7) is 19.8. The number of ether oxygens (including phenoxy) is 5. The summed E-state index contributed by atoms with van der Waals surface area (Å²) in [7, 11) is 1.42. The van der Waals surface area contributed by atoms with Gasteiger partial charge in [0.1, 0.15) is 11.9 Å². The van der Waals surface area contributed by atoms with Crippen molar-refractivity contribution in [3.63, 3.8) is 0 Å². The van der Waals surface area contributed by atoms with Gasteiger partial charge in [0, 0.05) is 30.1 Å². The van der Waals surface area contributed by atoms with E-state index in [1.54, 1.807) is 19.1 Å². The van der Waals surface area contributed by atoms with Crippen LogP contribution in [0.5, 0.6) is 0 Å². The minimum absolute atomic E-state index is 0.0203. The average molecular weight is 780 g/mol. The maximum atomic E-state index is 14.5. The zero-order valence-electron chi connectivity index (χ0n) is 35.4. The Labute approximate surface area is 329 Å². The first-order chi connectivity index (χ1) is 25.8. The minimum atomic E-state index is -1.37. The summed E-state index contributed by atoms with van der Waals surface area (Å²) >= 11 is 0. The van der Waals surface area contributed by atoms with Crippen LogP contribution >= 0.6 is 0 Å². The number of carbonyl (C=O) groups excluding carboxylic acids is 2. The molecule has 12 heteroatoms. The van der Waals surface area contributed by atoms with Crippen molar-refractivity contribution in [1.82, 2.24) is 5.48 Å². The number of hydroxylamine groups is 1. The Morgan fingerprint density at radius 3 is 2.24 bits per heavy atom. The Hall–Kier alpha value is -1.48. The van der Waals surface area contributed by atoms with E-state index in [2.05, 4.69) is 26.3 Å². The van der Waals surface area contributed by atoms with E-state index < -0.39 is 52.9 Å². The first kappa shape index (κ1) is 44.6. The van der Waals surface area contributed by atoms with E-state index in [1.807, 2.05) is 41.5 Å². The van der Waals surface area contributed by atoms with Gasteiger partial charge in [-0.1, -0.05) is 55.4 Å². The highest BCUT2D eigenvalue weighted by atomic mass is 16.8. The Morgan fingerprint density at radius 2 is 1.62 bits per heavy atom. The van der Waals surface area contributed by atoms with Crippen molar-refractivity contribution in [2.45, 2.75) is 199 Å². The van der Waals surface area contributed by atoms with Crippen molar-refractivity contribution >= 4 is 11.7 Å². The lowest BCUT2D eigenvalue weighted by molar-refractivity contribution is -0.409. The van der Waals surface area contributed by atoms with E-state index in [9.17, 15) is 24.9 Å². The molecule has 5 rings (SSSR count). The van der Waals surface area contributed by atoms with Crippen molar-refractivity contribution in [3.05, 3.63) is 12.2 Å². The first-order valence-electron chi connectivity index (χ1n) is 21.4. The molecule has 55 heavy (non-hydrogen) atoms. The van der Waals surface area contributed by atoms with Gasteiger partial charge in [0.25, 0.3) is 0 Å². The highest BCUT2D eigenvalue weighted by Crippen LogP contribution is 2.54. The summed E-state index contributed by atoms with van der Waals surface area (Å²) in [6, 6.07) is 0. The monoisotopic (exact) mass is 780 g/mol. The molecule has 0 unspecified atom stereocenters. The first-order valence-corrected chi connectivity index (χ1v) is 21.4. The number of amides is 1. The number of hydrogen-bond acceptors (Lipinski definition) is 11. The molecule has 4 fully saturated rings. The molecule has 316 valence electrons. The summed E-state index contributed by atoms with van der Waals surface area (Å²) in [6.07, 6.45) is 6.00. The van der Waals surface area contributed by atoms with Crippen LogP contribution in [0, 0.1) is 41.4 Å². The lowest BCUT2D eigenvalue weighted by Gasteiger charge is -2.54. The average Bonchev–Trinajstić information content (AvgIpc) is 3.50. The second-order valence-corrected chi connectivity index (χ2v) is 18.2. The molecule has 0 saturated carbocycles. The molecule has 0 aromatic heterocycles. The molecule has 5 heterocycles. The van der Waals surface area contributed by atoms with E-state index in [-0.39, 0.29) is 65.7 Å². The zero-order valence-corrected chi connectivity index (χ0v) is 35.4. The highest BCUT2D eigenvalue weighted by molar-refractivity contribution is 5.84. The third kappa shape index (κ3) is 8.51. The van der Waals surface area contributed by atoms with Crippen LogP contribution in [0.25, 0.3) is 0 Å². The SMILES string of the molecule is CC[C@@H](C(=O)[C@@H](C)[C@@H](O)[C@H](C)[C@@H]1O[C@@H]([C@@H](CC)C(=O)NOC)CC[C@@H]1C)[C@H]1O[C@]2(C=C[C@@H](O)[C@]3(CC[C@@](C)([C@H]4CC[C@](O)(CC)[C@H](C)O4)O3)O2)[C@H](C)C[C@@H]1C. The number of rotatable bonds is 13. The van der Waals surface area contributed by atoms with E-state index in [0.29, 0.717) is 44.9 Å². The van der Waals surface area contributed by atoms with Crippen LogP contribution in [0.15, 0.2) is 12.2 Å². The van der Waals surface area contributed by atoms with Gasteiger partial charge < -0.3 is 39.0 Å². The topological polar surface area (TPSA) is 162 Å². The highest BCUT2D eigenvalue weighted by Gasteiger charge is 2.63. The van der Waals surface area contributed by atoms with Gasteiger partial charge in [-0.2, -0.15) is 0 Å². The molecule has 12 nitrogen and oxygen atoms in total. The molecule has 0 bridgehead atoms. The van der Waals surface area contributed by atoms with Gasteiger partial charge in [0.2, 0.25) is 11.7 Å². The molecule has 18 atom stereocenters. The number of ketones is 1. The van der Waals surface area contributed by atoms with E-state index in [4.69, 9.17) is 28.5 Å². The van der Waals surface area contributed by atoms with E-state index in [1.165, 1.54) is 7.11 Å². The van der Waals surface area contributed by atoms with Gasteiger partial charge in [0.05, 0.1) is 60.9 Å². The van der Waals surface area contributed by atoms with Crippen molar-refractivity contribution in [2.75, 3.05) is 7.11 Å². The fourth-order valence-corrected chi connectivity index (χ4v) is 10.7. The Balaban J connectivity index is 1.30. The van der Waals surface area contributed by atoms with Gasteiger partial charge in [-0.15, -0.1) is 0 Å². The number of aliphatic hydroxyl groups is 3. The molecule has 0 radical (unpaired) electrons. The number of aliphatic hydroxyl groups excluding tert-OH is 2. The molecule has 5 aliphatic heterocycles. The largest absolute Gasteiger partial charge is 0.392 e. The number of hydrogen-bond donors (Lipinski definition) is 4. The lowest BCUT2D eigenvalue weighted by Crippen LogP contribution is -2.63. The van der Waals surface area contributed by atoms with Crippen LogP contribution in [0.1, 0.15) is 133 Å². The molecule has 0 aromatic carbocycles. The molecule has 0 aliphatic carbocycles. The molecule has 1 amide bonds. The smallest absolute Gasteiger partial charge is 0.249 e. The second-order valence-electron chi connectivity index (χ2n) is 18.2.